The molecule has 1 aromatic rings. The molecule has 4 nitrogen and oxygen atoms in total. The van der Waals surface area contributed by atoms with Crippen molar-refractivity contribution >= 4 is 5.91 Å². The molecule has 1 rings (SSSR count). The summed E-state index contributed by atoms with van der Waals surface area (Å²) in [4.78, 5) is 16.4. The van der Waals surface area contributed by atoms with E-state index in [1.165, 1.54) is 5.56 Å². The lowest BCUT2D eigenvalue weighted by Crippen LogP contribution is -2.32. The molecule has 0 saturated carbocycles. The number of carbonyl (C=O) groups is 1. The standard InChI is InChI=1S/C16H27N3O/c1-14-6-8-15(9-7-14)16(20)17-10-5-11-19(4)13-12-18(2)3/h6-9H,5,10-13H2,1-4H3,(H,17,20). The van der Waals surface area contributed by atoms with E-state index >= 15 is 0 Å². The maximum atomic E-state index is 11.9. The van der Waals surface area contributed by atoms with Gasteiger partial charge in [0.1, 0.15) is 0 Å². The van der Waals surface area contributed by atoms with Crippen LogP contribution in [-0.2, 0) is 0 Å². The molecule has 1 amide bonds. The minimum Gasteiger partial charge on any atom is -0.352 e. The van der Waals surface area contributed by atoms with Gasteiger partial charge in [0.05, 0.1) is 0 Å². The minimum absolute atomic E-state index is 0.0148. The topological polar surface area (TPSA) is 35.6 Å². The predicted octanol–water partition coefficient (Wildman–Crippen LogP) is 1.61. The number of carbonyl (C=O) groups excluding carboxylic acids is 1. The average molecular weight is 277 g/mol. The Morgan fingerprint density at radius 1 is 1.05 bits per heavy atom. The third-order valence-electron chi connectivity index (χ3n) is 3.24. The van der Waals surface area contributed by atoms with Crippen LogP contribution in [0.5, 0.6) is 0 Å². The third-order valence-corrected chi connectivity index (χ3v) is 3.24. The first-order valence-corrected chi connectivity index (χ1v) is 7.17. The third kappa shape index (κ3) is 6.68. The molecule has 1 N–H and O–H groups in total. The van der Waals surface area contributed by atoms with E-state index in [-0.39, 0.29) is 5.91 Å². The Balaban J connectivity index is 2.17. The van der Waals surface area contributed by atoms with E-state index in [0.29, 0.717) is 0 Å². The molecule has 0 aliphatic rings. The fraction of sp³-hybridized carbons (Fsp3) is 0.562. The van der Waals surface area contributed by atoms with E-state index in [4.69, 9.17) is 0 Å². The number of hydrogen-bond acceptors (Lipinski definition) is 3. The van der Waals surface area contributed by atoms with Gasteiger partial charge in [-0.15, -0.1) is 0 Å². The van der Waals surface area contributed by atoms with Crippen molar-refractivity contribution in [2.24, 2.45) is 0 Å². The van der Waals surface area contributed by atoms with Crippen LogP contribution in [0.2, 0.25) is 0 Å². The summed E-state index contributed by atoms with van der Waals surface area (Å²) in [6.07, 6.45) is 0.974. The summed E-state index contributed by atoms with van der Waals surface area (Å²) in [7, 11) is 6.27. The highest BCUT2D eigenvalue weighted by Crippen LogP contribution is 2.02. The Bertz CT molecular complexity index is 401. The zero-order chi connectivity index (χ0) is 15.0. The highest BCUT2D eigenvalue weighted by atomic mass is 16.1. The molecule has 0 bridgehead atoms. The molecule has 0 radical (unpaired) electrons. The van der Waals surface area contributed by atoms with Crippen molar-refractivity contribution in [2.75, 3.05) is 47.3 Å². The monoisotopic (exact) mass is 277 g/mol. The number of nitrogens with one attached hydrogen (secondary N) is 1. The normalized spacial score (nSPS) is 11.1. The lowest BCUT2D eigenvalue weighted by Gasteiger charge is -2.19. The fourth-order valence-corrected chi connectivity index (χ4v) is 1.84. The molecule has 0 aliphatic carbocycles. The average Bonchev–Trinajstić information content (AvgIpc) is 2.42. The second-order valence-corrected chi connectivity index (χ2v) is 5.58. The van der Waals surface area contributed by atoms with Gasteiger partial charge >= 0.3 is 0 Å². The first kappa shape index (κ1) is 16.7. The molecule has 0 aliphatic heterocycles. The van der Waals surface area contributed by atoms with E-state index in [2.05, 4.69) is 36.3 Å². The van der Waals surface area contributed by atoms with Gasteiger partial charge < -0.3 is 15.1 Å². The van der Waals surface area contributed by atoms with Gasteiger partial charge in [0.2, 0.25) is 0 Å². The van der Waals surface area contributed by atoms with Crippen molar-refractivity contribution in [3.8, 4) is 0 Å². The highest BCUT2D eigenvalue weighted by Gasteiger charge is 2.04. The van der Waals surface area contributed by atoms with Crippen LogP contribution in [0.15, 0.2) is 24.3 Å². The SMILES string of the molecule is Cc1ccc(C(=O)NCCCN(C)CCN(C)C)cc1. The Morgan fingerprint density at radius 3 is 2.30 bits per heavy atom. The van der Waals surface area contributed by atoms with Crippen LogP contribution in [-0.4, -0.2) is 63.0 Å². The molecule has 0 saturated heterocycles. The maximum Gasteiger partial charge on any atom is 0.251 e. The molecule has 112 valence electrons. The molecule has 4 heteroatoms. The first-order chi connectivity index (χ1) is 9.49. The van der Waals surface area contributed by atoms with Gasteiger partial charge in [0.15, 0.2) is 0 Å². The van der Waals surface area contributed by atoms with Gasteiger partial charge in [-0.05, 0) is 53.2 Å². The van der Waals surface area contributed by atoms with E-state index in [1.807, 2.05) is 31.2 Å². The van der Waals surface area contributed by atoms with Crippen LogP contribution < -0.4 is 5.32 Å². The molecule has 0 atom stereocenters. The number of hydrogen-bond donors (Lipinski definition) is 1. The van der Waals surface area contributed by atoms with E-state index in [0.717, 1.165) is 38.2 Å². The van der Waals surface area contributed by atoms with Crippen LogP contribution in [0.1, 0.15) is 22.3 Å². The van der Waals surface area contributed by atoms with Crippen molar-refractivity contribution in [3.05, 3.63) is 35.4 Å². The van der Waals surface area contributed by atoms with Crippen LogP contribution in [0.4, 0.5) is 0 Å². The highest BCUT2D eigenvalue weighted by molar-refractivity contribution is 5.94. The zero-order valence-electron chi connectivity index (χ0n) is 13.1. The Kier molecular flexibility index (Phi) is 7.26. The summed E-state index contributed by atoms with van der Waals surface area (Å²) in [6, 6.07) is 7.66. The molecule has 0 heterocycles. The maximum absolute atomic E-state index is 11.9. The molecule has 0 spiro atoms. The second kappa shape index (κ2) is 8.72. The van der Waals surface area contributed by atoms with Crippen LogP contribution in [0.25, 0.3) is 0 Å². The minimum atomic E-state index is 0.0148. The smallest absolute Gasteiger partial charge is 0.251 e. The number of rotatable bonds is 8. The Morgan fingerprint density at radius 2 is 1.70 bits per heavy atom. The van der Waals surface area contributed by atoms with Gasteiger partial charge in [-0.1, -0.05) is 17.7 Å². The number of benzene rings is 1. The number of amides is 1. The van der Waals surface area contributed by atoms with Crippen molar-refractivity contribution in [3.63, 3.8) is 0 Å². The molecule has 0 fully saturated rings. The van der Waals surface area contributed by atoms with Crippen LogP contribution >= 0.6 is 0 Å². The summed E-state index contributed by atoms with van der Waals surface area (Å²) in [5.74, 6) is 0.0148. The molecular formula is C16H27N3O. The van der Waals surface area contributed by atoms with Gasteiger partial charge in [0, 0.05) is 25.2 Å². The summed E-state index contributed by atoms with van der Waals surface area (Å²) >= 11 is 0. The van der Waals surface area contributed by atoms with E-state index in [9.17, 15) is 4.79 Å². The summed E-state index contributed by atoms with van der Waals surface area (Å²) in [5, 5.41) is 2.96. The van der Waals surface area contributed by atoms with Crippen molar-refractivity contribution in [1.82, 2.24) is 15.1 Å². The number of likely N-dealkylation sites (N-methyl/N-ethyl adjacent to an activating group) is 2. The van der Waals surface area contributed by atoms with Crippen molar-refractivity contribution in [2.45, 2.75) is 13.3 Å². The largest absolute Gasteiger partial charge is 0.352 e. The lowest BCUT2D eigenvalue weighted by atomic mass is 10.1. The number of aryl methyl sites for hydroxylation is 1. The molecule has 0 unspecified atom stereocenters. The van der Waals surface area contributed by atoms with Crippen LogP contribution in [0.3, 0.4) is 0 Å². The van der Waals surface area contributed by atoms with Crippen molar-refractivity contribution < 1.29 is 4.79 Å². The van der Waals surface area contributed by atoms with E-state index in [1.54, 1.807) is 0 Å². The summed E-state index contributed by atoms with van der Waals surface area (Å²) < 4.78 is 0. The van der Waals surface area contributed by atoms with Gasteiger partial charge in [-0.3, -0.25) is 4.79 Å². The first-order valence-electron chi connectivity index (χ1n) is 7.17. The zero-order valence-corrected chi connectivity index (χ0v) is 13.1. The summed E-state index contributed by atoms with van der Waals surface area (Å²) in [6.45, 7) is 5.86. The Hall–Kier alpha value is -1.39. The molecular weight excluding hydrogens is 250 g/mol. The van der Waals surface area contributed by atoms with Gasteiger partial charge in [-0.25, -0.2) is 0 Å². The van der Waals surface area contributed by atoms with E-state index < -0.39 is 0 Å². The predicted molar refractivity (Wildman–Crippen MR) is 84.2 cm³/mol. The quantitative estimate of drug-likeness (QED) is 0.733. The summed E-state index contributed by atoms with van der Waals surface area (Å²) in [5.41, 5.74) is 1.90. The van der Waals surface area contributed by atoms with Gasteiger partial charge in [0.25, 0.3) is 5.91 Å². The van der Waals surface area contributed by atoms with Crippen molar-refractivity contribution in [1.29, 1.82) is 0 Å². The Labute approximate surface area is 122 Å². The molecule has 0 aromatic heterocycles. The van der Waals surface area contributed by atoms with Crippen LogP contribution in [0, 0.1) is 6.92 Å². The fourth-order valence-electron chi connectivity index (χ4n) is 1.84. The lowest BCUT2D eigenvalue weighted by molar-refractivity contribution is 0.0952. The molecule has 20 heavy (non-hydrogen) atoms. The second-order valence-electron chi connectivity index (χ2n) is 5.58. The van der Waals surface area contributed by atoms with Gasteiger partial charge in [-0.2, -0.15) is 0 Å². The number of nitrogens with zero attached hydrogens (tertiary/aromatic N) is 2. The molecule has 1 aromatic carbocycles.